The second kappa shape index (κ2) is 16.2. The molecule has 2 unspecified atom stereocenters. The molecular formula is C20H39N2O4P. The third kappa shape index (κ3) is 14.0. The third-order valence-electron chi connectivity index (χ3n) is 4.52. The van der Waals surface area contributed by atoms with Crippen LogP contribution in [0.2, 0.25) is 0 Å². The highest BCUT2D eigenvalue weighted by atomic mass is 31.2. The van der Waals surface area contributed by atoms with Gasteiger partial charge in [-0.3, -0.25) is 4.79 Å². The van der Waals surface area contributed by atoms with Gasteiger partial charge < -0.3 is 14.5 Å². The Balaban J connectivity index is 3.78. The number of carboxylic acid groups (broad SMARTS) is 1. The maximum absolute atomic E-state index is 10.4. The van der Waals surface area contributed by atoms with Crippen LogP contribution < -0.4 is 0 Å². The number of nitriles is 1. The molecule has 2 atom stereocenters. The van der Waals surface area contributed by atoms with Gasteiger partial charge in [0.2, 0.25) is 0 Å². The number of nitrogens with zero attached hydrogens (tertiary/aromatic N) is 2. The smallest absolute Gasteiger partial charge is 0.303 e. The number of hydrogen-bond acceptors (Lipinski definition) is 5. The van der Waals surface area contributed by atoms with Crippen molar-refractivity contribution in [2.45, 2.75) is 104 Å². The van der Waals surface area contributed by atoms with Crippen molar-refractivity contribution in [3.05, 3.63) is 0 Å². The molecule has 27 heavy (non-hydrogen) atoms. The SMILES string of the molecule is CC(C)N(C(C)C)P(O)OCC(C#N)CCCCCCCCCCC(=O)O. The summed E-state index contributed by atoms with van der Waals surface area (Å²) < 4.78 is 7.56. The Morgan fingerprint density at radius 3 is 1.93 bits per heavy atom. The molecular weight excluding hydrogens is 363 g/mol. The van der Waals surface area contributed by atoms with Gasteiger partial charge in [0, 0.05) is 18.5 Å². The van der Waals surface area contributed by atoms with Crippen LogP contribution in [-0.2, 0) is 9.32 Å². The first-order chi connectivity index (χ1) is 12.8. The van der Waals surface area contributed by atoms with Crippen molar-refractivity contribution in [1.82, 2.24) is 4.67 Å². The lowest BCUT2D eigenvalue weighted by atomic mass is 10.0. The van der Waals surface area contributed by atoms with Crippen LogP contribution in [0.1, 0.15) is 91.9 Å². The third-order valence-corrected chi connectivity index (χ3v) is 6.22. The van der Waals surface area contributed by atoms with Crippen molar-refractivity contribution in [2.24, 2.45) is 5.92 Å². The predicted molar refractivity (Wildman–Crippen MR) is 110 cm³/mol. The standard InChI is InChI=1S/C20H39N2O4P/c1-17(2)22(18(3)4)27(25)26-16-19(15-21)13-11-9-7-5-6-8-10-12-14-20(23)24/h17-19,25H,5-14,16H2,1-4H3,(H,23,24). The highest BCUT2D eigenvalue weighted by molar-refractivity contribution is 7.43. The molecule has 0 aliphatic heterocycles. The molecule has 158 valence electrons. The van der Waals surface area contributed by atoms with Gasteiger partial charge in [0.05, 0.1) is 18.6 Å². The summed E-state index contributed by atoms with van der Waals surface area (Å²) in [7, 11) is -1.65. The molecule has 0 saturated carbocycles. The number of carbonyl (C=O) groups is 1. The normalized spacial score (nSPS) is 13.9. The summed E-state index contributed by atoms with van der Waals surface area (Å²) in [6.45, 7) is 8.41. The van der Waals surface area contributed by atoms with E-state index < -0.39 is 14.5 Å². The van der Waals surface area contributed by atoms with E-state index in [0.29, 0.717) is 0 Å². The van der Waals surface area contributed by atoms with Gasteiger partial charge in [0.25, 0.3) is 8.53 Å². The second-order valence-electron chi connectivity index (χ2n) is 7.70. The minimum atomic E-state index is -1.65. The molecule has 0 aliphatic rings. The van der Waals surface area contributed by atoms with Gasteiger partial charge in [-0.2, -0.15) is 5.26 Å². The lowest BCUT2D eigenvalue weighted by molar-refractivity contribution is -0.137. The molecule has 0 aliphatic carbocycles. The number of aliphatic carboxylic acids is 1. The Kier molecular flexibility index (Phi) is 15.8. The van der Waals surface area contributed by atoms with Crippen LogP contribution in [0.3, 0.4) is 0 Å². The van der Waals surface area contributed by atoms with Crippen molar-refractivity contribution < 1.29 is 19.3 Å². The minimum absolute atomic E-state index is 0.167. The topological polar surface area (TPSA) is 93.8 Å². The van der Waals surface area contributed by atoms with Crippen molar-refractivity contribution >= 4 is 14.5 Å². The van der Waals surface area contributed by atoms with E-state index in [0.717, 1.165) is 51.4 Å². The number of rotatable bonds is 17. The van der Waals surface area contributed by atoms with Gasteiger partial charge in [0.15, 0.2) is 0 Å². The Morgan fingerprint density at radius 1 is 1.00 bits per heavy atom. The zero-order valence-electron chi connectivity index (χ0n) is 17.6. The van der Waals surface area contributed by atoms with E-state index >= 15 is 0 Å². The van der Waals surface area contributed by atoms with Crippen molar-refractivity contribution in [3.63, 3.8) is 0 Å². The largest absolute Gasteiger partial charge is 0.481 e. The molecule has 0 aromatic heterocycles. The second-order valence-corrected chi connectivity index (χ2v) is 8.93. The van der Waals surface area contributed by atoms with E-state index in [4.69, 9.17) is 9.63 Å². The number of hydrogen-bond donors (Lipinski definition) is 2. The summed E-state index contributed by atoms with van der Waals surface area (Å²) in [4.78, 5) is 20.7. The molecule has 0 aromatic carbocycles. The van der Waals surface area contributed by atoms with Crippen LogP contribution in [0.15, 0.2) is 0 Å². The molecule has 0 bridgehead atoms. The summed E-state index contributed by atoms with van der Waals surface area (Å²) in [6, 6.07) is 2.70. The van der Waals surface area contributed by atoms with Crippen molar-refractivity contribution in [3.8, 4) is 6.07 Å². The van der Waals surface area contributed by atoms with E-state index in [9.17, 15) is 14.9 Å². The Labute approximate surface area is 166 Å². The Bertz CT molecular complexity index is 419. The van der Waals surface area contributed by atoms with Crippen molar-refractivity contribution in [1.29, 1.82) is 5.26 Å². The quantitative estimate of drug-likeness (QED) is 0.248. The molecule has 6 nitrogen and oxygen atoms in total. The summed E-state index contributed by atoms with van der Waals surface area (Å²) in [6.07, 6.45) is 9.53. The van der Waals surface area contributed by atoms with Gasteiger partial charge in [-0.1, -0.05) is 44.9 Å². The summed E-state index contributed by atoms with van der Waals surface area (Å²) >= 11 is 0. The molecule has 0 saturated heterocycles. The van der Waals surface area contributed by atoms with Gasteiger partial charge in [-0.15, -0.1) is 0 Å². The van der Waals surface area contributed by atoms with Crippen LogP contribution in [0.25, 0.3) is 0 Å². The fraction of sp³-hybridized carbons (Fsp3) is 0.900. The van der Waals surface area contributed by atoms with E-state index in [1.54, 1.807) is 0 Å². The highest BCUT2D eigenvalue weighted by Crippen LogP contribution is 2.40. The molecule has 2 N–H and O–H groups in total. The lowest BCUT2D eigenvalue weighted by Crippen LogP contribution is -2.33. The Hall–Kier alpha value is -0.730. The van der Waals surface area contributed by atoms with E-state index in [1.165, 1.54) is 6.42 Å². The van der Waals surface area contributed by atoms with Crippen LogP contribution in [0.5, 0.6) is 0 Å². The zero-order chi connectivity index (χ0) is 20.7. The first-order valence-corrected chi connectivity index (χ1v) is 11.5. The molecule has 0 amide bonds. The van der Waals surface area contributed by atoms with Gasteiger partial charge in [0.1, 0.15) is 0 Å². The minimum Gasteiger partial charge on any atom is -0.481 e. The highest BCUT2D eigenvalue weighted by Gasteiger charge is 2.24. The molecule has 0 radical (unpaired) electrons. The number of unbranched alkanes of at least 4 members (excludes halogenated alkanes) is 7. The molecule has 0 rings (SSSR count). The summed E-state index contributed by atoms with van der Waals surface area (Å²) in [5, 5.41) is 17.9. The van der Waals surface area contributed by atoms with Crippen LogP contribution in [0, 0.1) is 17.2 Å². The first kappa shape index (κ1) is 26.3. The monoisotopic (exact) mass is 402 g/mol. The number of carboxylic acids is 1. The average molecular weight is 403 g/mol. The van der Waals surface area contributed by atoms with Crippen molar-refractivity contribution in [2.75, 3.05) is 6.61 Å². The van der Waals surface area contributed by atoms with Gasteiger partial charge in [-0.05, 0) is 40.5 Å². The lowest BCUT2D eigenvalue weighted by Gasteiger charge is -2.33. The molecule has 0 fully saturated rings. The predicted octanol–water partition coefficient (Wildman–Crippen LogP) is 5.47. The van der Waals surface area contributed by atoms with E-state index in [2.05, 4.69) is 6.07 Å². The fourth-order valence-corrected chi connectivity index (χ4v) is 4.36. The van der Waals surface area contributed by atoms with Gasteiger partial charge >= 0.3 is 5.97 Å². The molecule has 0 heterocycles. The Morgan fingerprint density at radius 2 is 1.48 bits per heavy atom. The van der Waals surface area contributed by atoms with Crippen LogP contribution in [0.4, 0.5) is 0 Å². The van der Waals surface area contributed by atoms with E-state index in [1.807, 2.05) is 32.4 Å². The van der Waals surface area contributed by atoms with E-state index in [-0.39, 0.29) is 31.0 Å². The molecule has 0 aromatic rings. The van der Waals surface area contributed by atoms with Crippen LogP contribution >= 0.6 is 8.53 Å². The fourth-order valence-electron chi connectivity index (χ4n) is 3.13. The summed E-state index contributed by atoms with van der Waals surface area (Å²) in [5.74, 6) is -0.875. The molecule has 0 spiro atoms. The zero-order valence-corrected chi connectivity index (χ0v) is 18.5. The summed E-state index contributed by atoms with van der Waals surface area (Å²) in [5.41, 5.74) is 0. The first-order valence-electron chi connectivity index (χ1n) is 10.3. The maximum atomic E-state index is 10.4. The maximum Gasteiger partial charge on any atom is 0.303 e. The van der Waals surface area contributed by atoms with Gasteiger partial charge in [-0.25, -0.2) is 4.67 Å². The molecule has 7 heteroatoms. The average Bonchev–Trinajstić information content (AvgIpc) is 2.58. The van der Waals surface area contributed by atoms with Crippen LogP contribution in [-0.4, -0.2) is 39.3 Å².